The molecule has 0 bridgehead atoms. The monoisotopic (exact) mass is 777 g/mol. The third-order valence-corrected chi connectivity index (χ3v) is 12.8. The third-order valence-electron chi connectivity index (χ3n) is 12.8. The molecule has 11 aromatic rings. The van der Waals surface area contributed by atoms with Gasteiger partial charge in [-0.2, -0.15) is 0 Å². The van der Waals surface area contributed by atoms with E-state index >= 15 is 0 Å². The van der Waals surface area contributed by atoms with Gasteiger partial charge in [-0.25, -0.2) is 0 Å². The van der Waals surface area contributed by atoms with Gasteiger partial charge >= 0.3 is 0 Å². The summed E-state index contributed by atoms with van der Waals surface area (Å²) in [6.07, 6.45) is 0. The molecule has 1 atom stereocenters. The first kappa shape index (κ1) is 35.0. The van der Waals surface area contributed by atoms with Crippen LogP contribution in [0.4, 0.5) is 17.1 Å². The summed E-state index contributed by atoms with van der Waals surface area (Å²) in [4.78, 5) is 2.41. The van der Waals surface area contributed by atoms with E-state index in [0.29, 0.717) is 0 Å². The van der Waals surface area contributed by atoms with Crippen molar-refractivity contribution in [3.05, 3.63) is 259 Å². The van der Waals surface area contributed by atoms with Crippen molar-refractivity contribution in [3.63, 3.8) is 0 Å². The minimum Gasteiger partial charge on any atom is -0.456 e. The predicted molar refractivity (Wildman–Crippen MR) is 254 cm³/mol. The van der Waals surface area contributed by atoms with E-state index in [-0.39, 0.29) is 0 Å². The van der Waals surface area contributed by atoms with Crippen LogP contribution in [0, 0.1) is 0 Å². The van der Waals surface area contributed by atoms with Gasteiger partial charge in [0, 0.05) is 27.8 Å². The van der Waals surface area contributed by atoms with Crippen LogP contribution < -0.4 is 4.90 Å². The first-order valence-electron chi connectivity index (χ1n) is 21.0. The van der Waals surface area contributed by atoms with Gasteiger partial charge in [0.1, 0.15) is 11.2 Å². The molecule has 1 unspecified atom stereocenters. The van der Waals surface area contributed by atoms with Gasteiger partial charge in [0.05, 0.1) is 5.41 Å². The van der Waals surface area contributed by atoms with E-state index in [1.54, 1.807) is 0 Å². The van der Waals surface area contributed by atoms with Crippen LogP contribution in [0.15, 0.2) is 241 Å². The average Bonchev–Trinajstić information content (AvgIpc) is 3.86. The zero-order valence-corrected chi connectivity index (χ0v) is 33.4. The van der Waals surface area contributed by atoms with Gasteiger partial charge in [0.2, 0.25) is 0 Å². The van der Waals surface area contributed by atoms with Crippen LogP contribution in [0.5, 0.6) is 0 Å². The molecule has 0 spiro atoms. The molecule has 12 rings (SSSR count). The van der Waals surface area contributed by atoms with Crippen LogP contribution >= 0.6 is 0 Å². The smallest absolute Gasteiger partial charge is 0.135 e. The van der Waals surface area contributed by atoms with Crippen LogP contribution in [-0.4, -0.2) is 0 Å². The van der Waals surface area contributed by atoms with E-state index in [1.807, 2.05) is 6.07 Å². The Labute approximate surface area is 355 Å². The van der Waals surface area contributed by atoms with Gasteiger partial charge in [0.25, 0.3) is 0 Å². The predicted octanol–water partition coefficient (Wildman–Crippen LogP) is 15.9. The highest BCUT2D eigenvalue weighted by atomic mass is 16.3. The molecule has 0 radical (unpaired) electrons. The number of fused-ring (bicyclic) bond motifs is 7. The van der Waals surface area contributed by atoms with Crippen molar-refractivity contribution in [3.8, 4) is 33.4 Å². The molecule has 10 aromatic carbocycles. The third kappa shape index (κ3) is 5.57. The second-order valence-corrected chi connectivity index (χ2v) is 16.0. The summed E-state index contributed by atoms with van der Waals surface area (Å²) in [5, 5.41) is 4.75. The fraction of sp³-hybridized carbons (Fsp3) is 0.0169. The molecule has 0 N–H and O–H groups in total. The fourth-order valence-electron chi connectivity index (χ4n) is 9.99. The summed E-state index contributed by atoms with van der Waals surface area (Å²) in [7, 11) is 0. The van der Waals surface area contributed by atoms with Crippen molar-refractivity contribution < 1.29 is 4.42 Å². The molecule has 61 heavy (non-hydrogen) atoms. The lowest BCUT2D eigenvalue weighted by Crippen LogP contribution is -2.28. The van der Waals surface area contributed by atoms with Gasteiger partial charge in [-0.1, -0.05) is 188 Å². The number of furan rings is 1. The molecule has 286 valence electrons. The molecule has 1 aliphatic carbocycles. The van der Waals surface area contributed by atoms with E-state index in [2.05, 4.69) is 235 Å². The molecule has 1 aliphatic rings. The van der Waals surface area contributed by atoms with Gasteiger partial charge in [-0.15, -0.1) is 0 Å². The Bertz CT molecular complexity index is 3400. The molecule has 0 amide bonds. The largest absolute Gasteiger partial charge is 0.456 e. The normalized spacial score (nSPS) is 14.3. The number of rotatable bonds is 7. The second-order valence-electron chi connectivity index (χ2n) is 16.0. The SMILES string of the molecule is c1ccc(-c2ccc(N(c3ccc(-c4cccc5ccccc45)cc3)c3ccc4c(c3)C(c3ccccc3)(c3ccc5c(c3)oc3ccccc35)c3ccccc3-4)cc2)cc1. The number of hydrogen-bond acceptors (Lipinski definition) is 2. The van der Waals surface area contributed by atoms with E-state index in [9.17, 15) is 0 Å². The zero-order chi connectivity index (χ0) is 40.3. The van der Waals surface area contributed by atoms with Crippen LogP contribution in [0.2, 0.25) is 0 Å². The van der Waals surface area contributed by atoms with E-state index in [0.717, 1.165) is 39.0 Å². The van der Waals surface area contributed by atoms with E-state index in [1.165, 1.54) is 66.4 Å². The highest BCUT2D eigenvalue weighted by Crippen LogP contribution is 2.57. The molecule has 1 aromatic heterocycles. The molecule has 2 nitrogen and oxygen atoms in total. The van der Waals surface area contributed by atoms with Gasteiger partial charge in [0.15, 0.2) is 0 Å². The quantitative estimate of drug-likeness (QED) is 0.160. The molecule has 0 saturated heterocycles. The Morgan fingerprint density at radius 2 is 0.885 bits per heavy atom. The van der Waals surface area contributed by atoms with Crippen molar-refractivity contribution in [2.24, 2.45) is 0 Å². The highest BCUT2D eigenvalue weighted by Gasteiger charge is 2.46. The maximum Gasteiger partial charge on any atom is 0.135 e. The fourth-order valence-corrected chi connectivity index (χ4v) is 9.99. The Morgan fingerprint density at radius 1 is 0.311 bits per heavy atom. The Kier molecular flexibility index (Phi) is 8.11. The standard InChI is InChI=1S/C59H39NO/c1-3-14-40(15-4-1)41-26-31-46(32-27-41)60(47-33-28-43(29-34-47)50-23-13-17-42-16-7-8-20-49(42)50)48-35-37-52-51-21-9-11-24-55(51)59(56(52)39-48,44-18-5-2-6-19-44)45-30-36-54-53-22-10-12-25-57(53)61-58(54)38-45/h1-39H. The lowest BCUT2D eigenvalue weighted by molar-refractivity contribution is 0.665. The molecule has 0 fully saturated rings. The van der Waals surface area contributed by atoms with Gasteiger partial charge in [-0.05, 0) is 115 Å². The van der Waals surface area contributed by atoms with Crippen LogP contribution in [0.25, 0.3) is 66.1 Å². The van der Waals surface area contributed by atoms with E-state index in [4.69, 9.17) is 4.42 Å². The number of hydrogen-bond donors (Lipinski definition) is 0. The number of benzene rings is 10. The first-order valence-corrected chi connectivity index (χ1v) is 21.0. The molecule has 2 heteroatoms. The summed E-state index contributed by atoms with van der Waals surface area (Å²) in [5.41, 5.74) is 16.6. The lowest BCUT2D eigenvalue weighted by Gasteiger charge is -2.35. The van der Waals surface area contributed by atoms with Crippen molar-refractivity contribution >= 4 is 49.8 Å². The maximum absolute atomic E-state index is 6.59. The van der Waals surface area contributed by atoms with Crippen LogP contribution in [0.1, 0.15) is 22.3 Å². The van der Waals surface area contributed by atoms with Crippen molar-refractivity contribution in [1.29, 1.82) is 0 Å². The van der Waals surface area contributed by atoms with Crippen LogP contribution in [0.3, 0.4) is 0 Å². The van der Waals surface area contributed by atoms with Crippen LogP contribution in [-0.2, 0) is 5.41 Å². The Morgan fingerprint density at radius 3 is 1.69 bits per heavy atom. The minimum atomic E-state index is -0.614. The Balaban J connectivity index is 1.07. The second kappa shape index (κ2) is 14.1. The average molecular weight is 778 g/mol. The number of anilines is 3. The topological polar surface area (TPSA) is 16.4 Å². The summed E-state index contributed by atoms with van der Waals surface area (Å²) in [6.45, 7) is 0. The summed E-state index contributed by atoms with van der Waals surface area (Å²) in [5.74, 6) is 0. The molecule has 0 saturated carbocycles. The minimum absolute atomic E-state index is 0.614. The number of nitrogens with zero attached hydrogens (tertiary/aromatic N) is 1. The van der Waals surface area contributed by atoms with Gasteiger partial charge in [-0.3, -0.25) is 0 Å². The maximum atomic E-state index is 6.59. The summed E-state index contributed by atoms with van der Waals surface area (Å²) < 4.78 is 6.59. The first-order chi connectivity index (χ1) is 30.2. The molecular formula is C59H39NO. The van der Waals surface area contributed by atoms with E-state index < -0.39 is 5.41 Å². The van der Waals surface area contributed by atoms with Crippen molar-refractivity contribution in [2.75, 3.05) is 4.90 Å². The van der Waals surface area contributed by atoms with Crippen molar-refractivity contribution in [2.45, 2.75) is 5.41 Å². The Hall–Kier alpha value is -7.94. The summed E-state index contributed by atoms with van der Waals surface area (Å²) in [6, 6.07) is 86.1. The molecular weight excluding hydrogens is 739 g/mol. The lowest BCUT2D eigenvalue weighted by atomic mass is 9.67. The summed E-state index contributed by atoms with van der Waals surface area (Å²) >= 11 is 0. The highest BCUT2D eigenvalue weighted by molar-refractivity contribution is 6.05. The number of para-hydroxylation sites is 1. The molecule has 0 aliphatic heterocycles. The molecule has 1 heterocycles. The zero-order valence-electron chi connectivity index (χ0n) is 33.4. The van der Waals surface area contributed by atoms with Crippen molar-refractivity contribution in [1.82, 2.24) is 0 Å². The van der Waals surface area contributed by atoms with Gasteiger partial charge < -0.3 is 9.32 Å².